The van der Waals surface area contributed by atoms with E-state index in [1.54, 1.807) is 17.3 Å². The van der Waals surface area contributed by atoms with Crippen molar-refractivity contribution in [3.8, 4) is 6.01 Å². The maximum absolute atomic E-state index is 12.5. The van der Waals surface area contributed by atoms with Crippen LogP contribution in [0, 0.1) is 5.92 Å². The highest BCUT2D eigenvalue weighted by atomic mass is 79.9. The van der Waals surface area contributed by atoms with Crippen molar-refractivity contribution < 1.29 is 9.53 Å². The van der Waals surface area contributed by atoms with Crippen LogP contribution in [0.4, 0.5) is 0 Å². The Balaban J connectivity index is 1.51. The lowest BCUT2D eigenvalue weighted by molar-refractivity contribution is 0.0649. The standard InChI is InChI=1S/C16H18BrN5O3/c1-21-14(23)3-2-13(20-21)15(24)22-6-4-11(5-7-22)10-25-16-18-8-12(17)9-19-16/h2-3,8-9,11H,4-7,10H2,1H3. The molecule has 0 unspecified atom stereocenters. The van der Waals surface area contributed by atoms with Gasteiger partial charge in [-0.15, -0.1) is 0 Å². The van der Waals surface area contributed by atoms with Gasteiger partial charge in [-0.3, -0.25) is 9.59 Å². The van der Waals surface area contributed by atoms with Crippen molar-refractivity contribution in [2.24, 2.45) is 13.0 Å². The lowest BCUT2D eigenvalue weighted by atomic mass is 9.97. The van der Waals surface area contributed by atoms with E-state index < -0.39 is 0 Å². The second-order valence-electron chi connectivity index (χ2n) is 5.91. The third kappa shape index (κ3) is 4.41. The van der Waals surface area contributed by atoms with Crippen LogP contribution in [0.25, 0.3) is 0 Å². The van der Waals surface area contributed by atoms with Gasteiger partial charge in [-0.2, -0.15) is 5.10 Å². The Hall–Kier alpha value is -2.29. The van der Waals surface area contributed by atoms with E-state index >= 15 is 0 Å². The third-order valence-electron chi connectivity index (χ3n) is 4.13. The average molecular weight is 408 g/mol. The van der Waals surface area contributed by atoms with E-state index in [1.165, 1.54) is 23.9 Å². The molecule has 2 aromatic heterocycles. The summed E-state index contributed by atoms with van der Waals surface area (Å²) in [6.07, 6.45) is 4.97. The van der Waals surface area contributed by atoms with Crippen LogP contribution in [-0.2, 0) is 7.05 Å². The number of ether oxygens (including phenoxy) is 1. The van der Waals surface area contributed by atoms with Gasteiger partial charge < -0.3 is 9.64 Å². The summed E-state index contributed by atoms with van der Waals surface area (Å²) in [6, 6.07) is 3.19. The molecule has 25 heavy (non-hydrogen) atoms. The van der Waals surface area contributed by atoms with E-state index in [9.17, 15) is 9.59 Å². The van der Waals surface area contributed by atoms with Gasteiger partial charge in [-0.1, -0.05) is 0 Å². The molecule has 2 aromatic rings. The number of piperidine rings is 1. The lowest BCUT2D eigenvalue weighted by Crippen LogP contribution is -2.40. The Bertz CT molecular complexity index is 800. The van der Waals surface area contributed by atoms with Gasteiger partial charge in [-0.05, 0) is 40.8 Å². The first-order valence-corrected chi connectivity index (χ1v) is 8.76. The molecule has 132 valence electrons. The SMILES string of the molecule is Cn1nc(C(=O)N2CCC(COc3ncc(Br)cn3)CC2)ccc1=O. The van der Waals surface area contributed by atoms with Crippen molar-refractivity contribution >= 4 is 21.8 Å². The maximum atomic E-state index is 12.5. The van der Waals surface area contributed by atoms with Crippen LogP contribution in [0.5, 0.6) is 6.01 Å². The highest BCUT2D eigenvalue weighted by molar-refractivity contribution is 9.10. The van der Waals surface area contributed by atoms with Crippen LogP contribution in [0.2, 0.25) is 0 Å². The maximum Gasteiger partial charge on any atom is 0.316 e. The number of carbonyl (C=O) groups excluding carboxylic acids is 1. The molecule has 3 rings (SSSR count). The summed E-state index contributed by atoms with van der Waals surface area (Å²) < 4.78 is 7.59. The van der Waals surface area contributed by atoms with Gasteiger partial charge in [0.1, 0.15) is 5.69 Å². The van der Waals surface area contributed by atoms with E-state index in [2.05, 4.69) is 31.0 Å². The summed E-state index contributed by atoms with van der Waals surface area (Å²) in [7, 11) is 1.53. The van der Waals surface area contributed by atoms with Gasteiger partial charge in [-0.25, -0.2) is 14.6 Å². The first-order chi connectivity index (χ1) is 12.0. The quantitative estimate of drug-likeness (QED) is 0.757. The average Bonchev–Trinajstić information content (AvgIpc) is 2.63. The van der Waals surface area contributed by atoms with Crippen LogP contribution >= 0.6 is 15.9 Å². The van der Waals surface area contributed by atoms with E-state index in [4.69, 9.17) is 4.74 Å². The highest BCUT2D eigenvalue weighted by Gasteiger charge is 2.25. The Kier molecular flexibility index (Phi) is 5.42. The molecule has 0 aromatic carbocycles. The zero-order chi connectivity index (χ0) is 17.8. The Labute approximate surface area is 153 Å². The fourth-order valence-electron chi connectivity index (χ4n) is 2.65. The van der Waals surface area contributed by atoms with Gasteiger partial charge in [0, 0.05) is 38.6 Å². The summed E-state index contributed by atoms with van der Waals surface area (Å²) in [5.74, 6) is 0.204. The van der Waals surface area contributed by atoms with E-state index in [0.29, 0.717) is 37.3 Å². The molecule has 0 saturated carbocycles. The van der Waals surface area contributed by atoms with Crippen LogP contribution in [0.15, 0.2) is 33.8 Å². The molecular formula is C16H18BrN5O3. The highest BCUT2D eigenvalue weighted by Crippen LogP contribution is 2.19. The summed E-state index contributed by atoms with van der Waals surface area (Å²) in [6.45, 7) is 1.80. The number of hydrogen-bond acceptors (Lipinski definition) is 6. The molecule has 0 atom stereocenters. The minimum atomic E-state index is -0.234. The predicted molar refractivity (Wildman–Crippen MR) is 93.3 cm³/mol. The number of likely N-dealkylation sites (tertiary alicyclic amines) is 1. The minimum absolute atomic E-state index is 0.147. The van der Waals surface area contributed by atoms with Crippen molar-refractivity contribution in [3.05, 3.63) is 45.0 Å². The van der Waals surface area contributed by atoms with Crippen molar-refractivity contribution in [3.63, 3.8) is 0 Å². The van der Waals surface area contributed by atoms with Crippen molar-refractivity contribution in [2.75, 3.05) is 19.7 Å². The van der Waals surface area contributed by atoms with Crippen molar-refractivity contribution in [1.82, 2.24) is 24.6 Å². The molecule has 0 bridgehead atoms. The first-order valence-electron chi connectivity index (χ1n) is 7.97. The topological polar surface area (TPSA) is 90.2 Å². The number of amides is 1. The Morgan fingerprint density at radius 1 is 1.28 bits per heavy atom. The van der Waals surface area contributed by atoms with Crippen molar-refractivity contribution in [1.29, 1.82) is 0 Å². The van der Waals surface area contributed by atoms with Gasteiger partial charge in [0.15, 0.2) is 0 Å². The molecule has 0 N–H and O–H groups in total. The van der Waals surface area contributed by atoms with Gasteiger partial charge in [0.05, 0.1) is 11.1 Å². The number of rotatable bonds is 4. The molecular weight excluding hydrogens is 390 g/mol. The smallest absolute Gasteiger partial charge is 0.316 e. The molecule has 8 nitrogen and oxygen atoms in total. The van der Waals surface area contributed by atoms with Crippen LogP contribution in [-0.4, -0.2) is 50.3 Å². The van der Waals surface area contributed by atoms with E-state index in [-0.39, 0.29) is 11.5 Å². The number of halogens is 1. The molecule has 1 aliphatic heterocycles. The Morgan fingerprint density at radius 3 is 2.60 bits per heavy atom. The molecule has 1 saturated heterocycles. The van der Waals surface area contributed by atoms with E-state index in [0.717, 1.165) is 17.3 Å². The molecule has 9 heteroatoms. The van der Waals surface area contributed by atoms with Crippen molar-refractivity contribution in [2.45, 2.75) is 12.8 Å². The fourth-order valence-corrected chi connectivity index (χ4v) is 2.85. The normalized spacial score (nSPS) is 15.2. The molecule has 0 radical (unpaired) electrons. The van der Waals surface area contributed by atoms with Crippen LogP contribution in [0.3, 0.4) is 0 Å². The Morgan fingerprint density at radius 2 is 1.96 bits per heavy atom. The first kappa shape index (κ1) is 17.5. The summed E-state index contributed by atoms with van der Waals surface area (Å²) in [4.78, 5) is 33.8. The summed E-state index contributed by atoms with van der Waals surface area (Å²) in [5, 5.41) is 4.02. The zero-order valence-electron chi connectivity index (χ0n) is 13.8. The molecule has 0 aliphatic carbocycles. The largest absolute Gasteiger partial charge is 0.463 e. The molecule has 0 spiro atoms. The second-order valence-corrected chi connectivity index (χ2v) is 6.83. The van der Waals surface area contributed by atoms with Gasteiger partial charge >= 0.3 is 6.01 Å². The second kappa shape index (κ2) is 7.73. The molecule has 1 amide bonds. The van der Waals surface area contributed by atoms with Gasteiger partial charge in [0.2, 0.25) is 0 Å². The zero-order valence-corrected chi connectivity index (χ0v) is 15.3. The number of aromatic nitrogens is 4. The molecule has 1 fully saturated rings. The predicted octanol–water partition coefficient (Wildman–Crippen LogP) is 1.26. The fraction of sp³-hybridized carbons (Fsp3) is 0.438. The number of nitrogens with zero attached hydrogens (tertiary/aromatic N) is 5. The lowest BCUT2D eigenvalue weighted by Gasteiger charge is -2.31. The molecule has 1 aliphatic rings. The summed E-state index contributed by atoms with van der Waals surface area (Å²) >= 11 is 3.28. The summed E-state index contributed by atoms with van der Waals surface area (Å²) in [5.41, 5.74) is 0.0580. The number of hydrogen-bond donors (Lipinski definition) is 0. The minimum Gasteiger partial charge on any atom is -0.463 e. The monoisotopic (exact) mass is 407 g/mol. The number of aryl methyl sites for hydroxylation is 1. The number of carbonyl (C=O) groups is 1. The van der Waals surface area contributed by atoms with E-state index in [1.807, 2.05) is 0 Å². The van der Waals surface area contributed by atoms with Gasteiger partial charge in [0.25, 0.3) is 11.5 Å². The van der Waals surface area contributed by atoms with Crippen LogP contribution < -0.4 is 10.3 Å². The van der Waals surface area contributed by atoms with Crippen LogP contribution in [0.1, 0.15) is 23.3 Å². The third-order valence-corrected chi connectivity index (χ3v) is 4.54. The molecule has 3 heterocycles.